The van der Waals surface area contributed by atoms with Gasteiger partial charge in [0.1, 0.15) is 6.33 Å². The molecule has 0 unspecified atom stereocenters. The van der Waals surface area contributed by atoms with Crippen molar-refractivity contribution in [3.05, 3.63) is 53.6 Å². The number of aromatic nitrogens is 2. The number of nitrogens with two attached hydrogens (primary N) is 1. The number of carbonyl (C=O) groups excluding carboxylic acids is 2. The first-order chi connectivity index (χ1) is 9.18. The van der Waals surface area contributed by atoms with Crippen LogP contribution in [-0.4, -0.2) is 26.7 Å². The number of carbonyl (C=O) groups is 2. The average Bonchev–Trinajstić information content (AvgIpc) is 2.66. The zero-order chi connectivity index (χ0) is 13.4. The molecule has 1 aliphatic rings. The standard InChI is InChI=1S/C13H10N4O2/c14-10-3-1-2-9-11(10)13(19)17(12(9)18)6-8-4-5-15-7-16-8/h1-5,7H,6,14H2. The Morgan fingerprint density at radius 1 is 1.16 bits per heavy atom. The molecule has 0 atom stereocenters. The van der Waals surface area contributed by atoms with Gasteiger partial charge >= 0.3 is 0 Å². The SMILES string of the molecule is Nc1cccc2c1C(=O)N(Cc1ccncn1)C2=O. The summed E-state index contributed by atoms with van der Waals surface area (Å²) in [6.45, 7) is 0.119. The number of nitrogens with zero attached hydrogens (tertiary/aromatic N) is 3. The van der Waals surface area contributed by atoms with Crippen LogP contribution in [0.15, 0.2) is 36.8 Å². The smallest absolute Gasteiger partial charge is 0.264 e. The summed E-state index contributed by atoms with van der Waals surface area (Å²) < 4.78 is 0. The highest BCUT2D eigenvalue weighted by atomic mass is 16.2. The molecule has 94 valence electrons. The van der Waals surface area contributed by atoms with E-state index < -0.39 is 0 Å². The Balaban J connectivity index is 1.97. The molecule has 0 aliphatic carbocycles. The van der Waals surface area contributed by atoms with Gasteiger partial charge < -0.3 is 5.73 Å². The molecule has 1 aromatic heterocycles. The number of rotatable bonds is 2. The monoisotopic (exact) mass is 254 g/mol. The van der Waals surface area contributed by atoms with Crippen molar-refractivity contribution in [2.75, 3.05) is 5.73 Å². The van der Waals surface area contributed by atoms with Gasteiger partial charge in [0.2, 0.25) is 0 Å². The third-order valence-electron chi connectivity index (χ3n) is 2.99. The molecule has 0 saturated heterocycles. The molecular formula is C13H10N4O2. The lowest BCUT2D eigenvalue weighted by Crippen LogP contribution is -2.29. The van der Waals surface area contributed by atoms with E-state index >= 15 is 0 Å². The maximum atomic E-state index is 12.2. The van der Waals surface area contributed by atoms with Crippen molar-refractivity contribution in [2.24, 2.45) is 0 Å². The number of benzene rings is 1. The summed E-state index contributed by atoms with van der Waals surface area (Å²) >= 11 is 0. The fourth-order valence-electron chi connectivity index (χ4n) is 2.08. The van der Waals surface area contributed by atoms with Crippen LogP contribution in [0.4, 0.5) is 5.69 Å². The Bertz CT molecular complexity index is 670. The van der Waals surface area contributed by atoms with Crippen molar-refractivity contribution in [3.8, 4) is 0 Å². The normalized spacial score (nSPS) is 13.8. The molecule has 0 fully saturated rings. The molecule has 2 heterocycles. The van der Waals surface area contributed by atoms with E-state index in [2.05, 4.69) is 9.97 Å². The van der Waals surface area contributed by atoms with Crippen LogP contribution in [0.2, 0.25) is 0 Å². The second kappa shape index (κ2) is 4.16. The maximum absolute atomic E-state index is 12.2. The van der Waals surface area contributed by atoms with Gasteiger partial charge in [-0.05, 0) is 18.2 Å². The minimum Gasteiger partial charge on any atom is -0.398 e. The molecule has 2 N–H and O–H groups in total. The van der Waals surface area contributed by atoms with Gasteiger partial charge in [0, 0.05) is 11.9 Å². The predicted octanol–water partition coefficient (Wildman–Crippen LogP) is 0.855. The van der Waals surface area contributed by atoms with Crippen LogP contribution in [0.1, 0.15) is 26.4 Å². The first-order valence-electron chi connectivity index (χ1n) is 5.68. The third-order valence-corrected chi connectivity index (χ3v) is 2.99. The average molecular weight is 254 g/mol. The molecule has 0 radical (unpaired) electrons. The van der Waals surface area contributed by atoms with Gasteiger partial charge in [-0.1, -0.05) is 6.07 Å². The molecule has 1 aromatic carbocycles. The van der Waals surface area contributed by atoms with Crippen molar-refractivity contribution in [1.82, 2.24) is 14.9 Å². The molecule has 0 saturated carbocycles. The molecule has 0 spiro atoms. The predicted molar refractivity (Wildman–Crippen MR) is 67.1 cm³/mol. The van der Waals surface area contributed by atoms with Crippen LogP contribution in [0, 0.1) is 0 Å². The van der Waals surface area contributed by atoms with E-state index in [0.717, 1.165) is 4.90 Å². The number of hydrogen-bond donors (Lipinski definition) is 1. The first kappa shape index (κ1) is 11.3. The Hall–Kier alpha value is -2.76. The zero-order valence-corrected chi connectivity index (χ0v) is 9.91. The maximum Gasteiger partial charge on any atom is 0.264 e. The van der Waals surface area contributed by atoms with Crippen LogP contribution in [0.3, 0.4) is 0 Å². The van der Waals surface area contributed by atoms with Crippen LogP contribution >= 0.6 is 0 Å². The van der Waals surface area contributed by atoms with Crippen molar-refractivity contribution in [3.63, 3.8) is 0 Å². The summed E-state index contributed by atoms with van der Waals surface area (Å²) in [4.78, 5) is 33.3. The molecule has 3 rings (SSSR count). The second-order valence-corrected chi connectivity index (χ2v) is 4.17. The number of anilines is 1. The van der Waals surface area contributed by atoms with Crippen molar-refractivity contribution < 1.29 is 9.59 Å². The Labute approximate surface area is 108 Å². The quantitative estimate of drug-likeness (QED) is 0.634. The van der Waals surface area contributed by atoms with Gasteiger partial charge in [0.05, 0.1) is 23.4 Å². The summed E-state index contributed by atoms with van der Waals surface area (Å²) in [5.41, 5.74) is 7.30. The topological polar surface area (TPSA) is 89.2 Å². The van der Waals surface area contributed by atoms with Gasteiger partial charge in [-0.2, -0.15) is 0 Å². The molecule has 19 heavy (non-hydrogen) atoms. The van der Waals surface area contributed by atoms with Crippen molar-refractivity contribution >= 4 is 17.5 Å². The minimum atomic E-state index is -0.378. The van der Waals surface area contributed by atoms with Crippen LogP contribution in [-0.2, 0) is 6.54 Å². The summed E-state index contributed by atoms with van der Waals surface area (Å²) in [5.74, 6) is -0.720. The number of nitrogen functional groups attached to an aromatic ring is 1. The summed E-state index contributed by atoms with van der Waals surface area (Å²) in [7, 11) is 0. The first-order valence-corrected chi connectivity index (χ1v) is 5.68. The fourth-order valence-corrected chi connectivity index (χ4v) is 2.08. The summed E-state index contributed by atoms with van der Waals surface area (Å²) in [5, 5.41) is 0. The van der Waals surface area contributed by atoms with E-state index in [-0.39, 0.29) is 23.9 Å². The lowest BCUT2D eigenvalue weighted by Gasteiger charge is -2.12. The van der Waals surface area contributed by atoms with Crippen LogP contribution in [0.5, 0.6) is 0 Å². The summed E-state index contributed by atoms with van der Waals surface area (Å²) in [6, 6.07) is 6.53. The van der Waals surface area contributed by atoms with Gasteiger partial charge in [-0.25, -0.2) is 9.97 Å². The van der Waals surface area contributed by atoms with Gasteiger partial charge in [0.15, 0.2) is 0 Å². The summed E-state index contributed by atoms with van der Waals surface area (Å²) in [6.07, 6.45) is 2.94. The number of hydrogen-bond acceptors (Lipinski definition) is 5. The Morgan fingerprint density at radius 3 is 2.68 bits per heavy atom. The third kappa shape index (κ3) is 1.74. The van der Waals surface area contributed by atoms with E-state index in [1.165, 1.54) is 6.33 Å². The van der Waals surface area contributed by atoms with E-state index in [0.29, 0.717) is 16.9 Å². The van der Waals surface area contributed by atoms with Gasteiger partial charge in [-0.15, -0.1) is 0 Å². The van der Waals surface area contributed by atoms with E-state index in [1.807, 2.05) is 0 Å². The minimum absolute atomic E-state index is 0.119. The lowest BCUT2D eigenvalue weighted by molar-refractivity contribution is 0.0640. The molecule has 6 nitrogen and oxygen atoms in total. The van der Waals surface area contributed by atoms with Crippen molar-refractivity contribution in [1.29, 1.82) is 0 Å². The lowest BCUT2D eigenvalue weighted by atomic mass is 10.1. The van der Waals surface area contributed by atoms with Gasteiger partial charge in [0.25, 0.3) is 11.8 Å². The molecule has 1 aliphatic heterocycles. The molecule has 2 amide bonds. The molecular weight excluding hydrogens is 244 g/mol. The van der Waals surface area contributed by atoms with Gasteiger partial charge in [-0.3, -0.25) is 14.5 Å². The van der Waals surface area contributed by atoms with Crippen LogP contribution < -0.4 is 5.73 Å². The Morgan fingerprint density at radius 2 is 2.00 bits per heavy atom. The highest BCUT2D eigenvalue weighted by Crippen LogP contribution is 2.28. The molecule has 0 bridgehead atoms. The van der Waals surface area contributed by atoms with E-state index in [9.17, 15) is 9.59 Å². The number of fused-ring (bicyclic) bond motifs is 1. The van der Waals surface area contributed by atoms with E-state index in [4.69, 9.17) is 5.73 Å². The van der Waals surface area contributed by atoms with E-state index in [1.54, 1.807) is 30.5 Å². The number of imide groups is 1. The highest BCUT2D eigenvalue weighted by molar-refractivity contribution is 6.23. The highest BCUT2D eigenvalue weighted by Gasteiger charge is 2.36. The van der Waals surface area contributed by atoms with Crippen LogP contribution in [0.25, 0.3) is 0 Å². The largest absolute Gasteiger partial charge is 0.398 e. The molecule has 6 heteroatoms. The second-order valence-electron chi connectivity index (χ2n) is 4.17. The zero-order valence-electron chi connectivity index (χ0n) is 9.91. The molecule has 2 aromatic rings. The fraction of sp³-hybridized carbons (Fsp3) is 0.0769. The van der Waals surface area contributed by atoms with Crippen molar-refractivity contribution in [2.45, 2.75) is 6.54 Å². The Kier molecular flexibility index (Phi) is 2.49. The number of amides is 2.